The number of carboxylic acids is 1. The summed E-state index contributed by atoms with van der Waals surface area (Å²) in [6, 6.07) is 4.73. The monoisotopic (exact) mass is 517 g/mol. The van der Waals surface area contributed by atoms with Crippen molar-refractivity contribution >= 4 is 34.9 Å². The fourth-order valence-electron chi connectivity index (χ4n) is 3.44. The summed E-state index contributed by atoms with van der Waals surface area (Å²) in [6.07, 6.45) is 9.15. The third-order valence-electron chi connectivity index (χ3n) is 5.39. The summed E-state index contributed by atoms with van der Waals surface area (Å²) < 4.78 is 8.08. The summed E-state index contributed by atoms with van der Waals surface area (Å²) in [6.45, 7) is 0.404. The van der Waals surface area contributed by atoms with Gasteiger partial charge in [-0.15, -0.1) is 0 Å². The Kier molecular flexibility index (Phi) is 7.13. The summed E-state index contributed by atoms with van der Waals surface area (Å²) in [4.78, 5) is 43.1. The van der Waals surface area contributed by atoms with E-state index in [4.69, 9.17) is 33.0 Å². The minimum absolute atomic E-state index is 0.00127. The van der Waals surface area contributed by atoms with Crippen molar-refractivity contribution in [2.45, 2.75) is 13.0 Å². The second kappa shape index (κ2) is 10.2. The number of aromatic amines is 1. The molecule has 10 nitrogen and oxygen atoms in total. The number of H-pyrrole nitrogens is 1. The van der Waals surface area contributed by atoms with Crippen LogP contribution < -0.4 is 27.1 Å². The summed E-state index contributed by atoms with van der Waals surface area (Å²) in [5.41, 5.74) is -0.420. The first-order chi connectivity index (χ1) is 16.7. The molecule has 1 aliphatic carbocycles. The van der Waals surface area contributed by atoms with Gasteiger partial charge in [0.05, 0.1) is 22.8 Å². The molecule has 35 heavy (non-hydrogen) atoms. The number of benzene rings is 1. The van der Waals surface area contributed by atoms with Crippen molar-refractivity contribution in [2.75, 3.05) is 6.54 Å². The first-order valence-corrected chi connectivity index (χ1v) is 11.3. The molecule has 1 aromatic carbocycles. The largest absolute Gasteiger partial charge is 0.478 e. The lowest BCUT2D eigenvalue weighted by atomic mass is 10.0. The van der Waals surface area contributed by atoms with Gasteiger partial charge in [0.25, 0.3) is 0 Å². The number of rotatable bonds is 6. The molecule has 0 bridgehead atoms. The fourth-order valence-corrected chi connectivity index (χ4v) is 3.82. The number of carbonyl (C=O) groups is 1. The summed E-state index contributed by atoms with van der Waals surface area (Å²) in [5, 5.41) is 12.7. The van der Waals surface area contributed by atoms with E-state index in [0.717, 1.165) is 4.57 Å². The molecule has 1 atom stereocenters. The maximum Gasteiger partial charge on any atom is 0.334 e. The van der Waals surface area contributed by atoms with Crippen molar-refractivity contribution in [1.82, 2.24) is 19.4 Å². The zero-order chi connectivity index (χ0) is 25.1. The van der Waals surface area contributed by atoms with Gasteiger partial charge in [0.15, 0.2) is 5.88 Å². The van der Waals surface area contributed by atoms with Crippen LogP contribution in [0, 0.1) is 5.92 Å². The highest BCUT2D eigenvalue weighted by molar-refractivity contribution is 6.32. The fraction of sp³-hybridized carbons (Fsp3) is 0.217. The number of nitrogens with zero attached hydrogens (tertiary/aromatic N) is 3. The van der Waals surface area contributed by atoms with Crippen molar-refractivity contribution in [3.63, 3.8) is 0 Å². The number of allylic oxidation sites excluding steroid dienone is 6. The Morgan fingerprint density at radius 3 is 2.71 bits per heavy atom. The van der Waals surface area contributed by atoms with Crippen LogP contribution in [0.3, 0.4) is 0 Å². The number of hydrogen-bond acceptors (Lipinski definition) is 6. The number of dihydropyridines is 1. The van der Waals surface area contributed by atoms with E-state index in [9.17, 15) is 14.4 Å². The highest BCUT2D eigenvalue weighted by Gasteiger charge is 2.15. The van der Waals surface area contributed by atoms with Crippen LogP contribution in [0.2, 0.25) is 5.02 Å². The molecule has 0 saturated carbocycles. The lowest BCUT2D eigenvalue weighted by molar-refractivity contribution is -0.132. The number of halogens is 2. The van der Waals surface area contributed by atoms with E-state index in [1.54, 1.807) is 18.2 Å². The van der Waals surface area contributed by atoms with E-state index in [0.29, 0.717) is 35.3 Å². The minimum atomic E-state index is -1.01. The lowest BCUT2D eigenvalue weighted by Gasteiger charge is -2.17. The van der Waals surface area contributed by atoms with Gasteiger partial charge in [-0.3, -0.25) is 9.55 Å². The van der Waals surface area contributed by atoms with Crippen LogP contribution in [0.1, 0.15) is 6.42 Å². The second-order valence-corrected chi connectivity index (χ2v) is 8.70. The Balaban J connectivity index is 1.64. The number of nitrogens with one attached hydrogen (secondary N) is 2. The van der Waals surface area contributed by atoms with Gasteiger partial charge < -0.3 is 15.2 Å². The summed E-state index contributed by atoms with van der Waals surface area (Å²) in [7, 11) is 1.39. The normalized spacial score (nSPS) is 17.9. The van der Waals surface area contributed by atoms with Gasteiger partial charge in [-0.25, -0.2) is 23.9 Å². The molecule has 2 aliphatic rings. The third-order valence-corrected chi connectivity index (χ3v) is 5.97. The SMILES string of the molecule is Cn1c(=O)[nH]/c(=N\c2ccc(OC3=CC=C(C(=O)O)CN3)c(Cl)c2)n(CC2C=CC(Cl)=CC2)c1=O. The topological polar surface area (TPSA) is 131 Å². The molecule has 3 N–H and O–H groups in total. The Labute approximate surface area is 208 Å². The Bertz CT molecular complexity index is 1490. The average Bonchev–Trinajstić information content (AvgIpc) is 2.83. The van der Waals surface area contributed by atoms with Crippen molar-refractivity contribution in [3.8, 4) is 5.75 Å². The average molecular weight is 518 g/mol. The van der Waals surface area contributed by atoms with Crippen molar-refractivity contribution in [3.05, 3.63) is 96.7 Å². The lowest BCUT2D eigenvalue weighted by Crippen LogP contribution is -2.49. The first kappa shape index (κ1) is 24.4. The molecule has 1 aromatic heterocycles. The van der Waals surface area contributed by atoms with Crippen molar-refractivity contribution in [1.29, 1.82) is 0 Å². The van der Waals surface area contributed by atoms with Crippen LogP contribution in [0.4, 0.5) is 5.69 Å². The number of hydrogen-bond donors (Lipinski definition) is 3. The molecule has 1 unspecified atom stereocenters. The number of aromatic nitrogens is 3. The smallest absolute Gasteiger partial charge is 0.334 e. The van der Waals surface area contributed by atoms with Gasteiger partial charge in [-0.1, -0.05) is 35.4 Å². The number of ether oxygens (including phenoxy) is 1. The standard InChI is InChI=1S/C23H21Cl2N5O5/c1-29-22(33)28-21(30(23(29)34)12-13-2-5-15(24)6-3-13)27-16-7-8-18(17(25)10-16)35-19-9-4-14(11-26-19)20(31)32/h2,4-10,13,26H,3,11-12H2,1H3,(H,31,32)(H,27,28,33). The molecular formula is C23H21Cl2N5O5. The van der Waals surface area contributed by atoms with E-state index in [-0.39, 0.29) is 28.7 Å². The highest BCUT2D eigenvalue weighted by Crippen LogP contribution is 2.30. The number of aliphatic carboxylic acids is 1. The molecule has 182 valence electrons. The zero-order valence-corrected chi connectivity index (χ0v) is 20.0. The Morgan fingerprint density at radius 1 is 1.29 bits per heavy atom. The van der Waals surface area contributed by atoms with Gasteiger partial charge in [0.2, 0.25) is 5.62 Å². The van der Waals surface area contributed by atoms with Crippen LogP contribution in [-0.4, -0.2) is 31.7 Å². The molecular weight excluding hydrogens is 497 g/mol. The molecule has 0 fully saturated rings. The van der Waals surface area contributed by atoms with Gasteiger partial charge in [-0.2, -0.15) is 0 Å². The number of carboxylic acid groups (broad SMARTS) is 1. The van der Waals surface area contributed by atoms with Crippen LogP contribution in [0.15, 0.2) is 79.6 Å². The zero-order valence-electron chi connectivity index (χ0n) is 18.5. The predicted molar refractivity (Wildman–Crippen MR) is 131 cm³/mol. The Morgan fingerprint density at radius 2 is 2.09 bits per heavy atom. The van der Waals surface area contributed by atoms with Gasteiger partial charge >= 0.3 is 17.3 Å². The summed E-state index contributed by atoms with van der Waals surface area (Å²) in [5.74, 6) is -0.355. The summed E-state index contributed by atoms with van der Waals surface area (Å²) >= 11 is 12.4. The van der Waals surface area contributed by atoms with E-state index in [2.05, 4.69) is 15.3 Å². The molecule has 0 radical (unpaired) electrons. The highest BCUT2D eigenvalue weighted by atomic mass is 35.5. The van der Waals surface area contributed by atoms with E-state index >= 15 is 0 Å². The predicted octanol–water partition coefficient (Wildman–Crippen LogP) is 2.29. The van der Waals surface area contributed by atoms with Crippen molar-refractivity contribution in [2.24, 2.45) is 18.0 Å². The molecule has 2 aromatic rings. The van der Waals surface area contributed by atoms with Crippen LogP contribution in [0.5, 0.6) is 5.75 Å². The van der Waals surface area contributed by atoms with E-state index < -0.39 is 17.3 Å². The van der Waals surface area contributed by atoms with Crippen LogP contribution >= 0.6 is 23.2 Å². The molecule has 0 amide bonds. The van der Waals surface area contributed by atoms with Crippen LogP contribution in [-0.2, 0) is 18.4 Å². The first-order valence-electron chi connectivity index (χ1n) is 10.6. The maximum atomic E-state index is 12.8. The van der Waals surface area contributed by atoms with Crippen LogP contribution in [0.25, 0.3) is 0 Å². The quantitative estimate of drug-likeness (QED) is 0.538. The van der Waals surface area contributed by atoms with Gasteiger partial charge in [0, 0.05) is 18.6 Å². The van der Waals surface area contributed by atoms with Gasteiger partial charge in [-0.05, 0) is 48.8 Å². The minimum Gasteiger partial charge on any atom is -0.478 e. The molecule has 0 spiro atoms. The molecule has 4 rings (SSSR count). The molecule has 0 saturated heterocycles. The maximum absolute atomic E-state index is 12.8. The third kappa shape index (κ3) is 5.67. The van der Waals surface area contributed by atoms with E-state index in [1.165, 1.54) is 29.8 Å². The van der Waals surface area contributed by atoms with Gasteiger partial charge in [0.1, 0.15) is 5.75 Å². The molecule has 12 heteroatoms. The Hall–Kier alpha value is -3.76. The second-order valence-electron chi connectivity index (χ2n) is 7.86. The van der Waals surface area contributed by atoms with Crippen molar-refractivity contribution < 1.29 is 14.6 Å². The molecule has 1 aliphatic heterocycles. The van der Waals surface area contributed by atoms with E-state index in [1.807, 2.05) is 12.2 Å². The molecule has 2 heterocycles.